The molecule has 2 aromatic heterocycles. The van der Waals surface area contributed by atoms with Gasteiger partial charge in [-0.2, -0.15) is 9.97 Å². The van der Waals surface area contributed by atoms with Gasteiger partial charge in [0, 0.05) is 32.7 Å². The van der Waals surface area contributed by atoms with Crippen LogP contribution in [-0.4, -0.2) is 63.8 Å². The van der Waals surface area contributed by atoms with Crippen molar-refractivity contribution in [1.29, 1.82) is 0 Å². The number of anilines is 1. The molecule has 126 valence electrons. The van der Waals surface area contributed by atoms with Crippen molar-refractivity contribution in [3.63, 3.8) is 0 Å². The van der Waals surface area contributed by atoms with Crippen LogP contribution in [0.3, 0.4) is 0 Å². The van der Waals surface area contributed by atoms with E-state index in [4.69, 9.17) is 21.1 Å². The van der Waals surface area contributed by atoms with Crippen molar-refractivity contribution >= 4 is 28.6 Å². The molecule has 1 aliphatic heterocycles. The number of morpholine rings is 1. The lowest BCUT2D eigenvalue weighted by molar-refractivity contribution is -0.100. The molecule has 3 rings (SSSR count). The summed E-state index contributed by atoms with van der Waals surface area (Å²) in [6.07, 6.45) is 1.35. The Kier molecular flexibility index (Phi) is 5.27. The van der Waals surface area contributed by atoms with Crippen molar-refractivity contribution in [2.45, 2.75) is 26.2 Å². The predicted molar refractivity (Wildman–Crippen MR) is 85.6 cm³/mol. The summed E-state index contributed by atoms with van der Waals surface area (Å²) in [5.41, 5.74) is 1.37. The molecule has 1 atom stereocenters. The van der Waals surface area contributed by atoms with Crippen LogP contribution in [0.25, 0.3) is 11.2 Å². The number of imidazole rings is 1. The zero-order valence-corrected chi connectivity index (χ0v) is 13.7. The number of aliphatic hydroxyl groups is 1. The fourth-order valence-corrected chi connectivity index (χ4v) is 2.75. The third kappa shape index (κ3) is 3.72. The zero-order chi connectivity index (χ0) is 16.2. The Balaban J connectivity index is 1.85. The molecular formula is C14H20ClN5O3. The summed E-state index contributed by atoms with van der Waals surface area (Å²) >= 11 is 6.09. The number of fused-ring (bicyclic) bond motifs is 1. The maximum Gasteiger partial charge on any atom is 0.226 e. The number of hydrogen-bond donors (Lipinski definition) is 1. The van der Waals surface area contributed by atoms with Crippen LogP contribution in [0.1, 0.15) is 13.3 Å². The fourth-order valence-electron chi connectivity index (χ4n) is 2.59. The summed E-state index contributed by atoms with van der Waals surface area (Å²) in [5.74, 6) is 0.729. The van der Waals surface area contributed by atoms with Crippen LogP contribution in [0.4, 0.5) is 5.82 Å². The first-order valence-electron chi connectivity index (χ1n) is 7.69. The number of aliphatic hydroxyl groups excluding tert-OH is 1. The van der Waals surface area contributed by atoms with E-state index in [0.29, 0.717) is 44.0 Å². The summed E-state index contributed by atoms with van der Waals surface area (Å²) in [6, 6.07) is 0. The Hall–Kier alpha value is -1.48. The number of hydrogen-bond acceptors (Lipinski definition) is 7. The Bertz CT molecular complexity index is 659. The van der Waals surface area contributed by atoms with Crippen LogP contribution in [-0.2, 0) is 16.0 Å². The maximum absolute atomic E-state index is 9.70. The van der Waals surface area contributed by atoms with Crippen molar-refractivity contribution in [1.82, 2.24) is 19.5 Å². The first kappa shape index (κ1) is 16.4. The number of halogens is 1. The molecule has 23 heavy (non-hydrogen) atoms. The lowest BCUT2D eigenvalue weighted by atomic mass is 10.3. The summed E-state index contributed by atoms with van der Waals surface area (Å²) in [4.78, 5) is 15.2. The topological polar surface area (TPSA) is 85.5 Å². The van der Waals surface area contributed by atoms with E-state index in [1.54, 1.807) is 6.33 Å². The molecule has 2 aromatic rings. The van der Waals surface area contributed by atoms with E-state index < -0.39 is 6.29 Å². The number of ether oxygens (including phenoxy) is 2. The smallest absolute Gasteiger partial charge is 0.226 e. The average molecular weight is 342 g/mol. The van der Waals surface area contributed by atoms with Gasteiger partial charge in [0.1, 0.15) is 0 Å². The van der Waals surface area contributed by atoms with Gasteiger partial charge in [-0.15, -0.1) is 0 Å². The van der Waals surface area contributed by atoms with Crippen LogP contribution in [0.15, 0.2) is 6.33 Å². The summed E-state index contributed by atoms with van der Waals surface area (Å²) in [5, 5.41) is 9.88. The minimum atomic E-state index is -0.798. The zero-order valence-electron chi connectivity index (χ0n) is 13.0. The van der Waals surface area contributed by atoms with Crippen LogP contribution >= 0.6 is 11.6 Å². The van der Waals surface area contributed by atoms with Gasteiger partial charge in [-0.05, 0) is 18.5 Å². The molecule has 0 spiro atoms. The van der Waals surface area contributed by atoms with Gasteiger partial charge in [0.2, 0.25) is 5.28 Å². The Morgan fingerprint density at radius 3 is 2.91 bits per heavy atom. The summed E-state index contributed by atoms with van der Waals surface area (Å²) in [7, 11) is 0. The second kappa shape index (κ2) is 7.39. The largest absolute Gasteiger partial charge is 0.378 e. The van der Waals surface area contributed by atoms with Gasteiger partial charge in [-0.25, -0.2) is 4.98 Å². The Labute approximate surface area is 139 Å². The Morgan fingerprint density at radius 2 is 2.17 bits per heavy atom. The van der Waals surface area contributed by atoms with Gasteiger partial charge in [0.05, 0.1) is 19.5 Å². The van der Waals surface area contributed by atoms with Crippen molar-refractivity contribution in [2.24, 2.45) is 0 Å². The van der Waals surface area contributed by atoms with Crippen molar-refractivity contribution in [2.75, 3.05) is 37.8 Å². The van der Waals surface area contributed by atoms with Crippen LogP contribution < -0.4 is 4.90 Å². The number of aryl methyl sites for hydroxylation is 1. The van der Waals surface area contributed by atoms with Crippen molar-refractivity contribution in [3.05, 3.63) is 11.6 Å². The molecule has 1 saturated heterocycles. The van der Waals surface area contributed by atoms with E-state index in [0.717, 1.165) is 18.9 Å². The first-order chi connectivity index (χ1) is 11.2. The van der Waals surface area contributed by atoms with E-state index in [9.17, 15) is 5.11 Å². The molecule has 0 radical (unpaired) electrons. The summed E-state index contributed by atoms with van der Waals surface area (Å²) < 4.78 is 12.4. The highest BCUT2D eigenvalue weighted by Crippen LogP contribution is 2.25. The Morgan fingerprint density at radius 1 is 1.39 bits per heavy atom. The van der Waals surface area contributed by atoms with Gasteiger partial charge in [0.25, 0.3) is 0 Å². The molecule has 0 amide bonds. The quantitative estimate of drug-likeness (QED) is 0.621. The van der Waals surface area contributed by atoms with Gasteiger partial charge in [0.15, 0.2) is 23.3 Å². The van der Waals surface area contributed by atoms with E-state index in [1.807, 2.05) is 11.5 Å². The normalized spacial score (nSPS) is 16.9. The van der Waals surface area contributed by atoms with Gasteiger partial charge < -0.3 is 24.0 Å². The predicted octanol–water partition coefficient (Wildman–Crippen LogP) is 1.06. The van der Waals surface area contributed by atoms with Gasteiger partial charge in [-0.1, -0.05) is 0 Å². The third-order valence-corrected chi connectivity index (χ3v) is 3.87. The first-order valence-corrected chi connectivity index (χ1v) is 8.07. The highest BCUT2D eigenvalue weighted by Gasteiger charge is 2.20. The highest BCUT2D eigenvalue weighted by molar-refractivity contribution is 6.28. The minimum Gasteiger partial charge on any atom is -0.378 e. The van der Waals surface area contributed by atoms with Gasteiger partial charge >= 0.3 is 0 Å². The molecule has 9 heteroatoms. The molecule has 0 bridgehead atoms. The SMILES string of the molecule is CCOC(O)CCn1cnc2c(N3CCOCC3)nc(Cl)nc21. The second-order valence-corrected chi connectivity index (χ2v) is 5.56. The van der Waals surface area contributed by atoms with Crippen molar-refractivity contribution < 1.29 is 14.6 Å². The molecule has 1 fully saturated rings. The minimum absolute atomic E-state index is 0.186. The van der Waals surface area contributed by atoms with Crippen LogP contribution in [0, 0.1) is 0 Å². The lowest BCUT2D eigenvalue weighted by Gasteiger charge is -2.27. The number of rotatable bonds is 6. The molecule has 1 unspecified atom stereocenters. The molecule has 0 saturated carbocycles. The molecule has 0 aliphatic carbocycles. The monoisotopic (exact) mass is 341 g/mol. The van der Waals surface area contributed by atoms with E-state index in [2.05, 4.69) is 19.9 Å². The van der Waals surface area contributed by atoms with Gasteiger partial charge in [-0.3, -0.25) is 0 Å². The number of aromatic nitrogens is 4. The molecule has 3 heterocycles. The van der Waals surface area contributed by atoms with E-state index in [-0.39, 0.29) is 5.28 Å². The van der Waals surface area contributed by atoms with E-state index >= 15 is 0 Å². The fraction of sp³-hybridized carbons (Fsp3) is 0.643. The molecule has 0 aromatic carbocycles. The lowest BCUT2D eigenvalue weighted by Crippen LogP contribution is -2.37. The molecule has 8 nitrogen and oxygen atoms in total. The maximum atomic E-state index is 9.70. The average Bonchev–Trinajstić information content (AvgIpc) is 2.96. The standard InChI is InChI=1S/C14H20ClN5O3/c1-2-23-10(21)3-4-20-9-16-11-12(17-14(15)18-13(11)20)19-5-7-22-8-6-19/h9-10,21H,2-8H2,1H3. The van der Waals surface area contributed by atoms with Crippen molar-refractivity contribution in [3.8, 4) is 0 Å². The third-order valence-electron chi connectivity index (χ3n) is 3.70. The highest BCUT2D eigenvalue weighted by atomic mass is 35.5. The van der Waals surface area contributed by atoms with E-state index in [1.165, 1.54) is 0 Å². The molecular weight excluding hydrogens is 322 g/mol. The van der Waals surface area contributed by atoms with Crippen LogP contribution in [0.2, 0.25) is 5.28 Å². The molecule has 1 aliphatic rings. The number of nitrogens with zero attached hydrogens (tertiary/aromatic N) is 5. The second-order valence-electron chi connectivity index (χ2n) is 5.22. The summed E-state index contributed by atoms with van der Waals surface area (Å²) in [6.45, 7) is 5.66. The molecule has 1 N–H and O–H groups in total. The van der Waals surface area contributed by atoms with Crippen LogP contribution in [0.5, 0.6) is 0 Å².